The molecule has 1 aliphatic heterocycles. The first-order chi connectivity index (χ1) is 16.0. The Kier molecular flexibility index (Phi) is 5.72. The molecule has 1 heterocycles. The van der Waals surface area contributed by atoms with Gasteiger partial charge in [-0.1, -0.05) is 6.58 Å². The van der Waals surface area contributed by atoms with Gasteiger partial charge in [0.15, 0.2) is 0 Å². The molecule has 3 fully saturated rings. The minimum Gasteiger partial charge on any atom is -0.493 e. The van der Waals surface area contributed by atoms with Crippen molar-refractivity contribution < 1.29 is 14.3 Å². The van der Waals surface area contributed by atoms with Crippen LogP contribution in [0.4, 0.5) is 5.69 Å². The van der Waals surface area contributed by atoms with E-state index in [9.17, 15) is 4.79 Å². The van der Waals surface area contributed by atoms with Gasteiger partial charge in [0, 0.05) is 24.4 Å². The molecule has 2 aliphatic carbocycles. The minimum absolute atomic E-state index is 0.120. The second-order valence-electron chi connectivity index (χ2n) is 9.37. The van der Waals surface area contributed by atoms with E-state index in [1.54, 1.807) is 0 Å². The maximum atomic E-state index is 12.2. The van der Waals surface area contributed by atoms with Crippen molar-refractivity contribution in [3.63, 3.8) is 0 Å². The van der Waals surface area contributed by atoms with E-state index in [0.717, 1.165) is 49.1 Å². The number of amides is 1. The minimum atomic E-state index is -0.857. The molecule has 5 rings (SSSR count). The van der Waals surface area contributed by atoms with Crippen molar-refractivity contribution in [2.24, 2.45) is 11.3 Å². The number of nitriles is 1. The lowest BCUT2D eigenvalue weighted by atomic mass is 10.1. The summed E-state index contributed by atoms with van der Waals surface area (Å²) in [6.45, 7) is 6.57. The third kappa shape index (κ3) is 4.98. The zero-order valence-electron chi connectivity index (χ0n) is 18.8. The van der Waals surface area contributed by atoms with Gasteiger partial charge in [0.1, 0.15) is 23.0 Å². The lowest BCUT2D eigenvalue weighted by molar-refractivity contribution is -0.123. The average molecular weight is 444 g/mol. The Hall–Kier alpha value is -3.46. The summed E-state index contributed by atoms with van der Waals surface area (Å²) >= 11 is 0. The van der Waals surface area contributed by atoms with Gasteiger partial charge >= 0.3 is 0 Å². The fraction of sp³-hybridized carbons (Fsp3) is 0.407. The largest absolute Gasteiger partial charge is 0.493 e. The van der Waals surface area contributed by atoms with E-state index >= 15 is 0 Å². The van der Waals surface area contributed by atoms with E-state index in [4.69, 9.17) is 14.7 Å². The van der Waals surface area contributed by atoms with Crippen LogP contribution in [0.1, 0.15) is 37.7 Å². The first-order valence-corrected chi connectivity index (χ1v) is 11.7. The SMILES string of the molecule is C=C(NC(=O)C1(C#N)CC1)c1ccc(OC2CCN(c3ccc(OCC4CC4)cc3)C2)cc1. The third-order valence-corrected chi connectivity index (χ3v) is 6.70. The molecule has 1 saturated heterocycles. The number of benzene rings is 2. The molecule has 170 valence electrons. The highest BCUT2D eigenvalue weighted by Gasteiger charge is 2.50. The second-order valence-corrected chi connectivity index (χ2v) is 9.37. The molecule has 1 amide bonds. The van der Waals surface area contributed by atoms with Crippen LogP contribution in [0, 0.1) is 22.7 Å². The van der Waals surface area contributed by atoms with Crippen LogP contribution in [0.3, 0.4) is 0 Å². The van der Waals surface area contributed by atoms with E-state index in [-0.39, 0.29) is 12.0 Å². The monoisotopic (exact) mass is 443 g/mol. The van der Waals surface area contributed by atoms with Crippen LogP contribution in [0.15, 0.2) is 55.1 Å². The van der Waals surface area contributed by atoms with Gasteiger partial charge in [-0.15, -0.1) is 0 Å². The van der Waals surface area contributed by atoms with Crippen LogP contribution in [-0.2, 0) is 4.79 Å². The van der Waals surface area contributed by atoms with Crippen molar-refractivity contribution in [2.75, 3.05) is 24.6 Å². The highest BCUT2D eigenvalue weighted by atomic mass is 16.5. The van der Waals surface area contributed by atoms with E-state index in [0.29, 0.717) is 18.5 Å². The maximum absolute atomic E-state index is 12.2. The lowest BCUT2D eigenvalue weighted by Crippen LogP contribution is -2.29. The number of anilines is 1. The first-order valence-electron chi connectivity index (χ1n) is 11.7. The molecule has 2 saturated carbocycles. The molecule has 1 unspecified atom stereocenters. The zero-order chi connectivity index (χ0) is 22.8. The number of rotatable bonds is 9. The smallest absolute Gasteiger partial charge is 0.244 e. The molecule has 1 atom stereocenters. The van der Waals surface area contributed by atoms with Crippen molar-refractivity contribution in [2.45, 2.75) is 38.2 Å². The normalized spacial score (nSPS) is 20.6. The van der Waals surface area contributed by atoms with Gasteiger partial charge < -0.3 is 19.7 Å². The van der Waals surface area contributed by atoms with Gasteiger partial charge in [-0.05, 0) is 85.7 Å². The Labute approximate surface area is 194 Å². The van der Waals surface area contributed by atoms with Crippen molar-refractivity contribution in [1.29, 1.82) is 5.26 Å². The molecule has 0 aromatic heterocycles. The summed E-state index contributed by atoms with van der Waals surface area (Å²) in [5.74, 6) is 2.23. The average Bonchev–Trinajstić information content (AvgIpc) is 3.77. The molecule has 1 N–H and O–H groups in total. The molecule has 6 heteroatoms. The Morgan fingerprint density at radius 2 is 1.79 bits per heavy atom. The Balaban J connectivity index is 1.11. The van der Waals surface area contributed by atoms with E-state index in [1.807, 2.05) is 24.3 Å². The molecule has 6 nitrogen and oxygen atoms in total. The Morgan fingerprint density at radius 3 is 2.42 bits per heavy atom. The standard InChI is InChI=1S/C27H29N3O3/c1-19(29-26(31)27(18-28)13-14-27)21-4-8-24(9-5-21)33-25-12-15-30(16-25)22-6-10-23(11-7-22)32-17-20-2-3-20/h4-11,20,25H,1-3,12-17H2,(H,29,31). The summed E-state index contributed by atoms with van der Waals surface area (Å²) in [4.78, 5) is 14.6. The molecule has 3 aliphatic rings. The summed E-state index contributed by atoms with van der Waals surface area (Å²) in [6.07, 6.45) is 4.91. The van der Waals surface area contributed by atoms with Crippen LogP contribution >= 0.6 is 0 Å². The van der Waals surface area contributed by atoms with Crippen LogP contribution < -0.4 is 19.7 Å². The highest BCUT2D eigenvalue weighted by Crippen LogP contribution is 2.45. The van der Waals surface area contributed by atoms with Crippen molar-refractivity contribution in [3.05, 3.63) is 60.7 Å². The van der Waals surface area contributed by atoms with Crippen LogP contribution in [0.5, 0.6) is 11.5 Å². The fourth-order valence-corrected chi connectivity index (χ4v) is 4.08. The summed E-state index contributed by atoms with van der Waals surface area (Å²) in [5.41, 5.74) is 1.64. The number of hydrogen-bond donors (Lipinski definition) is 1. The molecule has 2 aromatic carbocycles. The second kappa shape index (κ2) is 8.82. The first kappa shape index (κ1) is 21.4. The van der Waals surface area contributed by atoms with E-state index in [2.05, 4.69) is 47.1 Å². The molecule has 0 spiro atoms. The van der Waals surface area contributed by atoms with Gasteiger partial charge in [-0.2, -0.15) is 5.26 Å². The number of carbonyl (C=O) groups excluding carboxylic acids is 1. The van der Waals surface area contributed by atoms with Crippen molar-refractivity contribution in [1.82, 2.24) is 5.32 Å². The zero-order valence-corrected chi connectivity index (χ0v) is 18.8. The van der Waals surface area contributed by atoms with Gasteiger partial charge in [0.05, 0.1) is 19.2 Å². The van der Waals surface area contributed by atoms with E-state index < -0.39 is 5.41 Å². The van der Waals surface area contributed by atoms with Gasteiger partial charge in [-0.3, -0.25) is 4.79 Å². The topological polar surface area (TPSA) is 74.6 Å². The van der Waals surface area contributed by atoms with E-state index in [1.165, 1.54) is 18.5 Å². The molecule has 2 aromatic rings. The van der Waals surface area contributed by atoms with Crippen molar-refractivity contribution in [3.8, 4) is 17.6 Å². The number of nitrogens with zero attached hydrogens (tertiary/aromatic N) is 2. The number of nitrogens with one attached hydrogen (secondary N) is 1. The number of ether oxygens (including phenoxy) is 2. The number of hydrogen-bond acceptors (Lipinski definition) is 5. The maximum Gasteiger partial charge on any atom is 0.244 e. The van der Waals surface area contributed by atoms with Crippen LogP contribution in [0.25, 0.3) is 5.70 Å². The Bertz CT molecular complexity index is 1060. The molecular formula is C27H29N3O3. The molecule has 0 radical (unpaired) electrons. The number of carbonyl (C=O) groups is 1. The summed E-state index contributed by atoms with van der Waals surface area (Å²) in [6, 6.07) is 18.0. The quantitative estimate of drug-likeness (QED) is 0.617. The Morgan fingerprint density at radius 1 is 1.09 bits per heavy atom. The molecule has 33 heavy (non-hydrogen) atoms. The predicted octanol–water partition coefficient (Wildman–Crippen LogP) is 4.52. The molecular weight excluding hydrogens is 414 g/mol. The van der Waals surface area contributed by atoms with Gasteiger partial charge in [0.25, 0.3) is 0 Å². The lowest BCUT2D eigenvalue weighted by Gasteiger charge is -2.19. The summed E-state index contributed by atoms with van der Waals surface area (Å²) in [5, 5.41) is 11.9. The molecule has 0 bridgehead atoms. The predicted molar refractivity (Wildman–Crippen MR) is 127 cm³/mol. The van der Waals surface area contributed by atoms with Crippen LogP contribution in [-0.4, -0.2) is 31.7 Å². The van der Waals surface area contributed by atoms with Gasteiger partial charge in [0.2, 0.25) is 5.91 Å². The van der Waals surface area contributed by atoms with Crippen molar-refractivity contribution >= 4 is 17.3 Å². The highest BCUT2D eigenvalue weighted by molar-refractivity contribution is 5.94. The fourth-order valence-electron chi connectivity index (χ4n) is 4.08. The summed E-state index contributed by atoms with van der Waals surface area (Å²) < 4.78 is 12.0. The summed E-state index contributed by atoms with van der Waals surface area (Å²) in [7, 11) is 0. The van der Waals surface area contributed by atoms with Gasteiger partial charge in [-0.25, -0.2) is 0 Å². The third-order valence-electron chi connectivity index (χ3n) is 6.70. The van der Waals surface area contributed by atoms with Crippen LogP contribution in [0.2, 0.25) is 0 Å².